The minimum absolute atomic E-state index is 0.286. The average molecular weight is 390 g/mol. The lowest BCUT2D eigenvalue weighted by molar-refractivity contribution is -0.138. The van der Waals surface area contributed by atoms with Gasteiger partial charge in [0.25, 0.3) is 0 Å². The number of hydrogen-bond donors (Lipinski definition) is 6. The van der Waals surface area contributed by atoms with E-state index in [1.165, 1.54) is 11.8 Å². The van der Waals surface area contributed by atoms with Crippen molar-refractivity contribution in [1.29, 1.82) is 0 Å². The number of carbonyl (C=O) groups is 4. The Morgan fingerprint density at radius 1 is 1.19 bits per heavy atom. The number of thioether (sulfide) groups is 1. The average Bonchev–Trinajstić information content (AvgIpc) is 3.15. The highest BCUT2D eigenvalue weighted by molar-refractivity contribution is 7.98. The van der Waals surface area contributed by atoms with E-state index < -0.39 is 49.1 Å². The number of carboxylic acids is 1. The van der Waals surface area contributed by atoms with Gasteiger partial charge in [-0.3, -0.25) is 19.2 Å². The van der Waals surface area contributed by atoms with Crippen molar-refractivity contribution in [3.05, 3.63) is 0 Å². The van der Waals surface area contributed by atoms with Crippen LogP contribution in [-0.2, 0) is 19.2 Å². The van der Waals surface area contributed by atoms with Crippen LogP contribution >= 0.6 is 11.8 Å². The predicted molar refractivity (Wildman–Crippen MR) is 95.6 cm³/mol. The first-order valence-electron chi connectivity index (χ1n) is 8.32. The Kier molecular flexibility index (Phi) is 9.99. The van der Waals surface area contributed by atoms with Crippen LogP contribution in [0.25, 0.3) is 0 Å². The van der Waals surface area contributed by atoms with Crippen molar-refractivity contribution in [2.75, 3.05) is 31.7 Å². The lowest BCUT2D eigenvalue weighted by Crippen LogP contribution is -2.57. The summed E-state index contributed by atoms with van der Waals surface area (Å²) >= 11 is 1.47. The molecule has 3 amide bonds. The van der Waals surface area contributed by atoms with Gasteiger partial charge in [-0.2, -0.15) is 11.8 Å². The first kappa shape index (κ1) is 22.2. The van der Waals surface area contributed by atoms with Gasteiger partial charge in [-0.1, -0.05) is 0 Å². The van der Waals surface area contributed by atoms with Gasteiger partial charge >= 0.3 is 5.97 Å². The minimum atomic E-state index is -1.20. The Hall–Kier alpha value is -1.85. The topological polar surface area (TPSA) is 157 Å². The van der Waals surface area contributed by atoms with E-state index in [0.29, 0.717) is 18.7 Å². The summed E-state index contributed by atoms with van der Waals surface area (Å²) < 4.78 is 0. The highest BCUT2D eigenvalue weighted by Gasteiger charge is 2.29. The van der Waals surface area contributed by atoms with Gasteiger partial charge in [-0.05, 0) is 37.8 Å². The maximum absolute atomic E-state index is 12.3. The van der Waals surface area contributed by atoms with Crippen molar-refractivity contribution in [3.63, 3.8) is 0 Å². The van der Waals surface area contributed by atoms with Crippen molar-refractivity contribution in [2.24, 2.45) is 0 Å². The van der Waals surface area contributed by atoms with E-state index >= 15 is 0 Å². The fourth-order valence-electron chi connectivity index (χ4n) is 2.44. The highest BCUT2D eigenvalue weighted by Crippen LogP contribution is 2.05. The Bertz CT molecular complexity index is 512. The number of amides is 3. The molecule has 3 unspecified atom stereocenters. The molecule has 6 N–H and O–H groups in total. The second-order valence-corrected chi connectivity index (χ2v) is 6.83. The maximum Gasteiger partial charge on any atom is 0.322 e. The van der Waals surface area contributed by atoms with E-state index in [4.69, 9.17) is 5.11 Å². The van der Waals surface area contributed by atoms with Gasteiger partial charge < -0.3 is 31.5 Å². The van der Waals surface area contributed by atoms with E-state index in [-0.39, 0.29) is 12.3 Å². The number of aliphatic hydroxyl groups is 1. The molecule has 1 heterocycles. The molecule has 0 spiro atoms. The molecule has 11 heteroatoms. The molecule has 1 aliphatic rings. The van der Waals surface area contributed by atoms with Crippen molar-refractivity contribution in [2.45, 2.75) is 37.4 Å². The summed E-state index contributed by atoms with van der Waals surface area (Å²) in [6.07, 6.45) is 3.63. The molecular formula is C15H26N4O6S. The highest BCUT2D eigenvalue weighted by atomic mass is 32.2. The molecule has 1 rings (SSSR count). The number of nitrogens with one attached hydrogen (secondary N) is 4. The van der Waals surface area contributed by atoms with Crippen LogP contribution in [0, 0.1) is 0 Å². The van der Waals surface area contributed by atoms with Gasteiger partial charge in [0.2, 0.25) is 17.7 Å². The quantitative estimate of drug-likeness (QED) is 0.229. The van der Waals surface area contributed by atoms with Gasteiger partial charge in [-0.25, -0.2) is 0 Å². The number of hydrogen-bond acceptors (Lipinski definition) is 7. The fraction of sp³-hybridized carbons (Fsp3) is 0.733. The van der Waals surface area contributed by atoms with Crippen molar-refractivity contribution < 1.29 is 29.4 Å². The lowest BCUT2D eigenvalue weighted by Gasteiger charge is -2.22. The fourth-order valence-corrected chi connectivity index (χ4v) is 2.91. The first-order valence-corrected chi connectivity index (χ1v) is 9.71. The molecule has 0 aromatic heterocycles. The second kappa shape index (κ2) is 11.7. The molecule has 1 fully saturated rings. The normalized spacial score (nSPS) is 18.6. The summed E-state index contributed by atoms with van der Waals surface area (Å²) in [5.74, 6) is -2.34. The van der Waals surface area contributed by atoms with Crippen LogP contribution < -0.4 is 21.3 Å². The second-order valence-electron chi connectivity index (χ2n) is 5.85. The van der Waals surface area contributed by atoms with Crippen LogP contribution in [0.2, 0.25) is 0 Å². The van der Waals surface area contributed by atoms with Crippen LogP contribution in [0.5, 0.6) is 0 Å². The molecule has 26 heavy (non-hydrogen) atoms. The number of carbonyl (C=O) groups excluding carboxylic acids is 3. The minimum Gasteiger partial charge on any atom is -0.480 e. The molecular weight excluding hydrogens is 364 g/mol. The molecule has 10 nitrogen and oxygen atoms in total. The summed E-state index contributed by atoms with van der Waals surface area (Å²) in [6, 6.07) is -2.54. The zero-order valence-corrected chi connectivity index (χ0v) is 15.4. The van der Waals surface area contributed by atoms with Gasteiger partial charge in [-0.15, -0.1) is 0 Å². The summed E-state index contributed by atoms with van der Waals surface area (Å²) in [4.78, 5) is 47.1. The van der Waals surface area contributed by atoms with Crippen LogP contribution in [0.3, 0.4) is 0 Å². The molecule has 0 aliphatic carbocycles. The third-order valence-electron chi connectivity index (χ3n) is 3.85. The Balaban J connectivity index is 2.63. The van der Waals surface area contributed by atoms with Crippen LogP contribution in [0.15, 0.2) is 0 Å². The van der Waals surface area contributed by atoms with Crippen LogP contribution in [0.4, 0.5) is 0 Å². The molecule has 3 atom stereocenters. The summed E-state index contributed by atoms with van der Waals surface area (Å²) in [7, 11) is 0. The smallest absolute Gasteiger partial charge is 0.322 e. The predicted octanol–water partition coefficient (Wildman–Crippen LogP) is -2.35. The first-order chi connectivity index (χ1) is 12.4. The Morgan fingerprint density at radius 3 is 2.46 bits per heavy atom. The van der Waals surface area contributed by atoms with Crippen molar-refractivity contribution >= 4 is 35.5 Å². The molecule has 0 saturated carbocycles. The van der Waals surface area contributed by atoms with Gasteiger partial charge in [0.15, 0.2) is 0 Å². The van der Waals surface area contributed by atoms with Crippen molar-refractivity contribution in [3.8, 4) is 0 Å². The zero-order chi connectivity index (χ0) is 19.5. The van der Waals surface area contributed by atoms with E-state index in [1.807, 2.05) is 6.26 Å². The standard InChI is InChI=1S/C15H26N4O6S/c1-26-6-4-10(13(23)17-7-12(21)22)18-15(25)11(8-20)19-14(24)9-3-2-5-16-9/h9-11,16,20H,2-8H2,1H3,(H,17,23)(H,18,25)(H,19,24)(H,21,22). The monoisotopic (exact) mass is 390 g/mol. The lowest BCUT2D eigenvalue weighted by atomic mass is 10.1. The number of rotatable bonds is 11. The van der Waals surface area contributed by atoms with Gasteiger partial charge in [0.05, 0.1) is 12.6 Å². The molecule has 148 valence electrons. The zero-order valence-electron chi connectivity index (χ0n) is 14.6. The molecule has 0 aromatic carbocycles. The van der Waals surface area contributed by atoms with E-state index in [2.05, 4.69) is 21.3 Å². The van der Waals surface area contributed by atoms with Gasteiger partial charge in [0, 0.05) is 0 Å². The Morgan fingerprint density at radius 2 is 1.92 bits per heavy atom. The SMILES string of the molecule is CSCCC(NC(=O)C(CO)NC(=O)C1CCCN1)C(=O)NCC(=O)O. The van der Waals surface area contributed by atoms with Crippen LogP contribution in [-0.4, -0.2) is 83.7 Å². The number of aliphatic carboxylic acids is 1. The number of carboxylic acid groups (broad SMARTS) is 1. The summed E-state index contributed by atoms with van der Waals surface area (Å²) in [6.45, 7) is -0.456. The molecule has 1 saturated heterocycles. The maximum atomic E-state index is 12.3. The molecule has 0 radical (unpaired) electrons. The van der Waals surface area contributed by atoms with Crippen molar-refractivity contribution in [1.82, 2.24) is 21.3 Å². The Labute approximate surface area is 155 Å². The van der Waals surface area contributed by atoms with Gasteiger partial charge in [0.1, 0.15) is 18.6 Å². The molecule has 0 bridgehead atoms. The van der Waals surface area contributed by atoms with E-state index in [9.17, 15) is 24.3 Å². The molecule has 1 aliphatic heterocycles. The van der Waals surface area contributed by atoms with Crippen LogP contribution in [0.1, 0.15) is 19.3 Å². The largest absolute Gasteiger partial charge is 0.480 e. The summed E-state index contributed by atoms with van der Waals surface area (Å²) in [5, 5.41) is 28.2. The summed E-state index contributed by atoms with van der Waals surface area (Å²) in [5.41, 5.74) is 0. The van der Waals surface area contributed by atoms with E-state index in [0.717, 1.165) is 6.42 Å². The third kappa shape index (κ3) is 7.58. The van der Waals surface area contributed by atoms with E-state index in [1.54, 1.807) is 0 Å². The molecule has 0 aromatic rings. The number of aliphatic hydroxyl groups excluding tert-OH is 1. The third-order valence-corrected chi connectivity index (χ3v) is 4.49.